The van der Waals surface area contributed by atoms with E-state index in [0.29, 0.717) is 6.04 Å². The van der Waals surface area contributed by atoms with Crippen LogP contribution in [0.3, 0.4) is 0 Å². The summed E-state index contributed by atoms with van der Waals surface area (Å²) in [5.41, 5.74) is 0.904. The molecule has 0 spiro atoms. The summed E-state index contributed by atoms with van der Waals surface area (Å²) in [5, 5.41) is 8.20. The summed E-state index contributed by atoms with van der Waals surface area (Å²) >= 11 is 3.46. The topological polar surface area (TPSA) is 45.5 Å². The number of piperidine rings is 1. The third-order valence-electron chi connectivity index (χ3n) is 4.17. The fourth-order valence-corrected chi connectivity index (χ4v) is 3.52. The number of fused-ring (bicyclic) bond motifs is 2. The van der Waals surface area contributed by atoms with Crippen LogP contribution in [0.15, 0.2) is 22.8 Å². The van der Waals surface area contributed by atoms with Crippen LogP contribution in [0.4, 0.5) is 5.95 Å². The van der Waals surface area contributed by atoms with E-state index < -0.39 is 0 Å². The van der Waals surface area contributed by atoms with Crippen LogP contribution < -0.4 is 10.2 Å². The minimum Gasteiger partial charge on any atom is -0.338 e. The van der Waals surface area contributed by atoms with E-state index in [4.69, 9.17) is 0 Å². The van der Waals surface area contributed by atoms with E-state index in [0.717, 1.165) is 41.6 Å². The van der Waals surface area contributed by atoms with E-state index in [1.54, 1.807) is 0 Å². The Labute approximate surface area is 120 Å². The van der Waals surface area contributed by atoms with E-state index >= 15 is 0 Å². The molecule has 0 aromatic carbocycles. The van der Waals surface area contributed by atoms with Crippen molar-refractivity contribution >= 4 is 27.5 Å². The highest BCUT2D eigenvalue weighted by molar-refractivity contribution is 9.10. The summed E-state index contributed by atoms with van der Waals surface area (Å²) in [6.45, 7) is 3.26. The molecule has 0 radical (unpaired) electrons. The number of nitrogens with one attached hydrogen (secondary N) is 1. The second kappa shape index (κ2) is 4.45. The lowest BCUT2D eigenvalue weighted by molar-refractivity contribution is 0.340. The summed E-state index contributed by atoms with van der Waals surface area (Å²) in [6.07, 6.45) is 4.57. The Morgan fingerprint density at radius 2 is 2.26 bits per heavy atom. The maximum absolute atomic E-state index is 4.62. The van der Waals surface area contributed by atoms with Crippen LogP contribution in [-0.4, -0.2) is 40.3 Å². The van der Waals surface area contributed by atoms with Gasteiger partial charge in [0.05, 0.1) is 0 Å². The van der Waals surface area contributed by atoms with Crippen molar-refractivity contribution in [3.8, 4) is 0 Å². The Morgan fingerprint density at radius 3 is 3.16 bits per heavy atom. The van der Waals surface area contributed by atoms with Crippen molar-refractivity contribution in [3.05, 3.63) is 22.8 Å². The molecule has 100 valence electrons. The quantitative estimate of drug-likeness (QED) is 0.868. The third kappa shape index (κ3) is 2.03. The number of halogens is 1. The molecule has 4 rings (SSSR count). The molecule has 1 N–H and O–H groups in total. The van der Waals surface area contributed by atoms with Gasteiger partial charge in [0.25, 0.3) is 0 Å². The van der Waals surface area contributed by atoms with Gasteiger partial charge in [-0.1, -0.05) is 0 Å². The molecule has 4 heterocycles. The van der Waals surface area contributed by atoms with Gasteiger partial charge in [-0.2, -0.15) is 4.98 Å². The summed E-state index contributed by atoms with van der Waals surface area (Å²) < 4.78 is 2.86. The molecule has 2 aliphatic rings. The van der Waals surface area contributed by atoms with Crippen LogP contribution in [0, 0.1) is 5.92 Å². The lowest BCUT2D eigenvalue weighted by Crippen LogP contribution is -2.40. The maximum Gasteiger partial charge on any atom is 0.245 e. The van der Waals surface area contributed by atoms with Crippen molar-refractivity contribution in [2.75, 3.05) is 24.5 Å². The van der Waals surface area contributed by atoms with Crippen molar-refractivity contribution in [1.82, 2.24) is 19.9 Å². The second-order valence-electron chi connectivity index (χ2n) is 5.43. The molecule has 5 nitrogen and oxygen atoms in total. The average Bonchev–Trinajstić information content (AvgIpc) is 3.00. The minimum atomic E-state index is 0.618. The van der Waals surface area contributed by atoms with Crippen molar-refractivity contribution in [1.29, 1.82) is 0 Å². The molecule has 2 aliphatic heterocycles. The van der Waals surface area contributed by atoms with Gasteiger partial charge in [-0.25, -0.2) is 4.52 Å². The second-order valence-corrected chi connectivity index (χ2v) is 6.35. The van der Waals surface area contributed by atoms with Gasteiger partial charge in [0, 0.05) is 29.8 Å². The number of hydrogen-bond acceptors (Lipinski definition) is 4. The van der Waals surface area contributed by atoms with Gasteiger partial charge < -0.3 is 10.2 Å². The normalized spacial score (nSPS) is 26.9. The van der Waals surface area contributed by atoms with Gasteiger partial charge in [-0.3, -0.25) is 0 Å². The standard InChI is InChI=1S/C13H16BrN5/c14-10-3-4-12-16-13(17-19(12)7-10)18-6-9-2-1-5-15-11(9)8-18/h3-4,7,9,11,15H,1-2,5-6,8H2/t9-,11+/m0/s1. The molecule has 2 fully saturated rings. The Morgan fingerprint density at radius 1 is 1.32 bits per heavy atom. The summed E-state index contributed by atoms with van der Waals surface area (Å²) in [7, 11) is 0. The Kier molecular flexibility index (Phi) is 2.73. The lowest BCUT2D eigenvalue weighted by Gasteiger charge is -2.24. The third-order valence-corrected chi connectivity index (χ3v) is 4.63. The van der Waals surface area contributed by atoms with E-state index in [-0.39, 0.29) is 0 Å². The monoisotopic (exact) mass is 321 g/mol. The molecule has 0 saturated carbocycles. The predicted molar refractivity (Wildman–Crippen MR) is 77.4 cm³/mol. The summed E-state index contributed by atoms with van der Waals surface area (Å²) in [5.74, 6) is 1.61. The van der Waals surface area contributed by atoms with Crippen LogP contribution in [0.1, 0.15) is 12.8 Å². The van der Waals surface area contributed by atoms with Crippen LogP contribution in [0.5, 0.6) is 0 Å². The number of pyridine rings is 1. The van der Waals surface area contributed by atoms with Crippen molar-refractivity contribution in [3.63, 3.8) is 0 Å². The first-order valence-corrected chi connectivity index (χ1v) is 7.59. The molecular weight excluding hydrogens is 306 g/mol. The fraction of sp³-hybridized carbons (Fsp3) is 0.538. The number of aromatic nitrogens is 3. The summed E-state index contributed by atoms with van der Waals surface area (Å²) in [6, 6.07) is 4.60. The number of anilines is 1. The SMILES string of the molecule is Brc1ccc2nc(N3C[C@@H]4CCCN[C@@H]4C3)nn2c1. The van der Waals surface area contributed by atoms with E-state index in [1.807, 2.05) is 22.8 Å². The zero-order valence-electron chi connectivity index (χ0n) is 10.6. The smallest absolute Gasteiger partial charge is 0.245 e. The van der Waals surface area contributed by atoms with Gasteiger partial charge >= 0.3 is 0 Å². The average molecular weight is 322 g/mol. The molecule has 0 unspecified atom stereocenters. The highest BCUT2D eigenvalue weighted by atomic mass is 79.9. The molecule has 2 atom stereocenters. The highest BCUT2D eigenvalue weighted by Gasteiger charge is 2.35. The van der Waals surface area contributed by atoms with E-state index in [2.05, 4.69) is 36.2 Å². The molecular formula is C13H16BrN5. The van der Waals surface area contributed by atoms with Gasteiger partial charge in [0.2, 0.25) is 5.95 Å². The zero-order valence-corrected chi connectivity index (χ0v) is 12.2. The molecule has 6 heteroatoms. The molecule has 2 saturated heterocycles. The number of nitrogens with zero attached hydrogens (tertiary/aromatic N) is 4. The van der Waals surface area contributed by atoms with Crippen molar-refractivity contribution < 1.29 is 0 Å². The van der Waals surface area contributed by atoms with Crippen LogP contribution >= 0.6 is 15.9 Å². The Balaban J connectivity index is 1.64. The zero-order chi connectivity index (χ0) is 12.8. The van der Waals surface area contributed by atoms with Crippen LogP contribution in [-0.2, 0) is 0 Å². The molecule has 2 aromatic rings. The van der Waals surface area contributed by atoms with Crippen LogP contribution in [0.25, 0.3) is 5.65 Å². The molecule has 0 aliphatic carbocycles. The highest BCUT2D eigenvalue weighted by Crippen LogP contribution is 2.27. The molecule has 19 heavy (non-hydrogen) atoms. The van der Waals surface area contributed by atoms with E-state index in [1.165, 1.54) is 12.8 Å². The van der Waals surface area contributed by atoms with Gasteiger partial charge in [-0.15, -0.1) is 5.10 Å². The molecule has 0 amide bonds. The molecule has 0 bridgehead atoms. The Hall–Kier alpha value is -1.14. The van der Waals surface area contributed by atoms with Gasteiger partial charge in [-0.05, 0) is 53.4 Å². The van der Waals surface area contributed by atoms with Crippen LogP contribution in [0.2, 0.25) is 0 Å². The minimum absolute atomic E-state index is 0.618. The number of rotatable bonds is 1. The number of hydrogen-bond donors (Lipinski definition) is 1. The van der Waals surface area contributed by atoms with Crippen molar-refractivity contribution in [2.45, 2.75) is 18.9 Å². The van der Waals surface area contributed by atoms with Gasteiger partial charge in [0.1, 0.15) is 0 Å². The fourth-order valence-electron chi connectivity index (χ4n) is 3.19. The predicted octanol–water partition coefficient (Wildman–Crippen LogP) is 1.68. The maximum atomic E-state index is 4.62. The van der Waals surface area contributed by atoms with Gasteiger partial charge in [0.15, 0.2) is 5.65 Å². The first kappa shape index (κ1) is 11.7. The lowest BCUT2D eigenvalue weighted by atomic mass is 9.94. The largest absolute Gasteiger partial charge is 0.338 e. The first-order chi connectivity index (χ1) is 9.29. The van der Waals surface area contributed by atoms with E-state index in [9.17, 15) is 0 Å². The Bertz CT molecular complexity index is 596. The summed E-state index contributed by atoms with van der Waals surface area (Å²) in [4.78, 5) is 6.94. The first-order valence-electron chi connectivity index (χ1n) is 6.80. The molecule has 2 aromatic heterocycles. The van der Waals surface area contributed by atoms with Crippen molar-refractivity contribution in [2.24, 2.45) is 5.92 Å².